The summed E-state index contributed by atoms with van der Waals surface area (Å²) in [4.78, 5) is 4.05. The van der Waals surface area contributed by atoms with Gasteiger partial charge in [-0.2, -0.15) is 0 Å². The zero-order valence-corrected chi connectivity index (χ0v) is 8.29. The van der Waals surface area contributed by atoms with Crippen LogP contribution in [0.15, 0.2) is 24.5 Å². The monoisotopic (exact) mass is 247 g/mol. The Morgan fingerprint density at radius 1 is 1.50 bits per heavy atom. The van der Waals surface area contributed by atoms with E-state index < -0.39 is 0 Å². The molecule has 10 heavy (non-hydrogen) atoms. The largest absolute Gasteiger partial charge is 0.264 e. The normalized spacial score (nSPS) is 11.5. The number of alkyl halides is 1. The molecule has 0 saturated carbocycles. The predicted octanol–water partition coefficient (Wildman–Crippen LogP) is 2.75. The Labute approximate surface area is 75.0 Å². The van der Waals surface area contributed by atoms with E-state index in [1.54, 1.807) is 6.20 Å². The molecule has 54 valence electrons. The highest BCUT2D eigenvalue weighted by Crippen LogP contribution is 2.29. The Hall–Kier alpha value is -0.120. The quantitative estimate of drug-likeness (QED) is 0.549. The van der Waals surface area contributed by atoms with E-state index >= 15 is 0 Å². The molecule has 0 aliphatic carbocycles. The lowest BCUT2D eigenvalue weighted by atomic mass is 10.1. The van der Waals surface area contributed by atoms with Gasteiger partial charge < -0.3 is 0 Å². The van der Waals surface area contributed by atoms with Gasteiger partial charge in [0.15, 0.2) is 0 Å². The van der Waals surface area contributed by atoms with Crippen molar-refractivity contribution in [3.63, 3.8) is 0 Å². The van der Waals surface area contributed by atoms with E-state index in [0.29, 0.717) is 0 Å². The molecule has 0 unspecified atom stereocenters. The van der Waals surface area contributed by atoms with Crippen LogP contribution in [0.1, 0.15) is 19.4 Å². The highest BCUT2D eigenvalue weighted by molar-refractivity contribution is 14.1. The van der Waals surface area contributed by atoms with Gasteiger partial charge in [-0.05, 0) is 25.5 Å². The molecule has 0 aromatic carbocycles. The van der Waals surface area contributed by atoms with Crippen LogP contribution in [0.3, 0.4) is 0 Å². The third kappa shape index (κ3) is 1.94. The molecule has 1 aromatic rings. The Kier molecular flexibility index (Phi) is 2.28. The van der Waals surface area contributed by atoms with Crippen molar-refractivity contribution in [2.45, 2.75) is 17.3 Å². The SMILES string of the molecule is CC(C)(I)c1cccnc1. The van der Waals surface area contributed by atoms with Crippen LogP contribution in [-0.4, -0.2) is 4.98 Å². The molecule has 0 fully saturated rings. The molecular weight excluding hydrogens is 237 g/mol. The molecule has 1 heterocycles. The number of halogens is 1. The van der Waals surface area contributed by atoms with Gasteiger partial charge in [-0.1, -0.05) is 28.7 Å². The van der Waals surface area contributed by atoms with Crippen molar-refractivity contribution >= 4 is 22.6 Å². The first kappa shape index (κ1) is 7.98. The number of rotatable bonds is 1. The average molecular weight is 247 g/mol. The van der Waals surface area contributed by atoms with E-state index in [1.807, 2.05) is 12.3 Å². The van der Waals surface area contributed by atoms with Crippen LogP contribution in [0, 0.1) is 0 Å². The van der Waals surface area contributed by atoms with E-state index in [-0.39, 0.29) is 3.42 Å². The first-order chi connectivity index (χ1) is 4.61. The van der Waals surface area contributed by atoms with Crippen LogP contribution >= 0.6 is 22.6 Å². The number of hydrogen-bond acceptors (Lipinski definition) is 1. The minimum Gasteiger partial charge on any atom is -0.264 e. The van der Waals surface area contributed by atoms with Gasteiger partial charge in [-0.15, -0.1) is 0 Å². The molecule has 0 spiro atoms. The van der Waals surface area contributed by atoms with E-state index in [1.165, 1.54) is 5.56 Å². The second-order valence-corrected chi connectivity index (χ2v) is 5.41. The van der Waals surface area contributed by atoms with Gasteiger partial charge in [0, 0.05) is 15.8 Å². The Morgan fingerprint density at radius 2 is 2.20 bits per heavy atom. The van der Waals surface area contributed by atoms with Crippen LogP contribution < -0.4 is 0 Å². The second kappa shape index (κ2) is 2.86. The highest BCUT2D eigenvalue weighted by Gasteiger charge is 2.14. The topological polar surface area (TPSA) is 12.9 Å². The van der Waals surface area contributed by atoms with Crippen LogP contribution in [0.5, 0.6) is 0 Å². The summed E-state index contributed by atoms with van der Waals surface area (Å²) in [5.74, 6) is 0. The van der Waals surface area contributed by atoms with Gasteiger partial charge in [0.1, 0.15) is 0 Å². The number of hydrogen-bond donors (Lipinski definition) is 0. The third-order valence-corrected chi connectivity index (χ3v) is 1.97. The van der Waals surface area contributed by atoms with Crippen molar-refractivity contribution in [1.82, 2.24) is 4.98 Å². The lowest BCUT2D eigenvalue weighted by molar-refractivity contribution is 0.819. The van der Waals surface area contributed by atoms with Crippen LogP contribution in [0.4, 0.5) is 0 Å². The van der Waals surface area contributed by atoms with Gasteiger partial charge >= 0.3 is 0 Å². The van der Waals surface area contributed by atoms with E-state index in [4.69, 9.17) is 0 Å². The fraction of sp³-hybridized carbons (Fsp3) is 0.375. The van der Waals surface area contributed by atoms with Crippen molar-refractivity contribution in [2.24, 2.45) is 0 Å². The van der Waals surface area contributed by atoms with Crippen molar-refractivity contribution in [2.75, 3.05) is 0 Å². The first-order valence-electron chi connectivity index (χ1n) is 3.20. The van der Waals surface area contributed by atoms with Gasteiger partial charge in [-0.25, -0.2) is 0 Å². The summed E-state index contributed by atoms with van der Waals surface area (Å²) in [6.07, 6.45) is 3.71. The van der Waals surface area contributed by atoms with Gasteiger partial charge in [0.25, 0.3) is 0 Å². The molecule has 1 nitrogen and oxygen atoms in total. The summed E-state index contributed by atoms with van der Waals surface area (Å²) in [6, 6.07) is 4.06. The molecule has 0 bridgehead atoms. The second-order valence-electron chi connectivity index (χ2n) is 2.71. The van der Waals surface area contributed by atoms with Crippen LogP contribution in [0.2, 0.25) is 0 Å². The first-order valence-corrected chi connectivity index (χ1v) is 4.28. The average Bonchev–Trinajstić information content (AvgIpc) is 1.88. The zero-order chi connectivity index (χ0) is 7.61. The van der Waals surface area contributed by atoms with Gasteiger partial charge in [0.05, 0.1) is 0 Å². The summed E-state index contributed by atoms with van der Waals surface area (Å²) < 4.78 is 0.200. The highest BCUT2D eigenvalue weighted by atomic mass is 127. The van der Waals surface area contributed by atoms with Crippen molar-refractivity contribution in [3.8, 4) is 0 Å². The lowest BCUT2D eigenvalue weighted by Gasteiger charge is -2.15. The van der Waals surface area contributed by atoms with Crippen molar-refractivity contribution < 1.29 is 0 Å². The molecule has 0 atom stereocenters. The zero-order valence-electron chi connectivity index (χ0n) is 6.13. The minimum absolute atomic E-state index is 0.200. The van der Waals surface area contributed by atoms with Gasteiger partial charge in [-0.3, -0.25) is 4.98 Å². The summed E-state index contributed by atoms with van der Waals surface area (Å²) >= 11 is 2.40. The molecule has 1 rings (SSSR count). The maximum atomic E-state index is 4.05. The van der Waals surface area contributed by atoms with Crippen molar-refractivity contribution in [3.05, 3.63) is 30.1 Å². The maximum Gasteiger partial charge on any atom is 0.0429 e. The summed E-state index contributed by atoms with van der Waals surface area (Å²) in [6.45, 7) is 4.34. The van der Waals surface area contributed by atoms with Crippen molar-refractivity contribution in [1.29, 1.82) is 0 Å². The summed E-state index contributed by atoms with van der Waals surface area (Å²) in [7, 11) is 0. The molecule has 0 saturated heterocycles. The number of pyridine rings is 1. The summed E-state index contributed by atoms with van der Waals surface area (Å²) in [5.41, 5.74) is 1.27. The predicted molar refractivity (Wildman–Crippen MR) is 51.3 cm³/mol. The van der Waals surface area contributed by atoms with E-state index in [0.717, 1.165) is 0 Å². The lowest BCUT2D eigenvalue weighted by Crippen LogP contribution is -2.05. The fourth-order valence-electron chi connectivity index (χ4n) is 0.714. The Balaban J connectivity index is 2.97. The smallest absolute Gasteiger partial charge is 0.0429 e. The Morgan fingerprint density at radius 3 is 2.50 bits per heavy atom. The molecular formula is C8H10IN. The molecule has 0 N–H and O–H groups in total. The number of nitrogens with zero attached hydrogens (tertiary/aromatic N) is 1. The van der Waals surface area contributed by atoms with E-state index in [2.05, 4.69) is 47.5 Å². The molecule has 2 heteroatoms. The van der Waals surface area contributed by atoms with Gasteiger partial charge in [0.2, 0.25) is 0 Å². The minimum atomic E-state index is 0.200. The summed E-state index contributed by atoms with van der Waals surface area (Å²) in [5, 5.41) is 0. The molecule has 1 aromatic heterocycles. The standard InChI is InChI=1S/C8H10IN/c1-8(2,9)7-4-3-5-10-6-7/h3-6H,1-2H3. The number of aromatic nitrogens is 1. The molecule has 0 amide bonds. The molecule has 0 radical (unpaired) electrons. The van der Waals surface area contributed by atoms with Crippen LogP contribution in [-0.2, 0) is 3.42 Å². The van der Waals surface area contributed by atoms with E-state index in [9.17, 15) is 0 Å². The Bertz CT molecular complexity index is 200. The fourth-order valence-corrected chi connectivity index (χ4v) is 1.03. The molecule has 0 aliphatic rings. The molecule has 0 aliphatic heterocycles. The van der Waals surface area contributed by atoms with Crippen LogP contribution in [0.25, 0.3) is 0 Å². The maximum absolute atomic E-state index is 4.05. The third-order valence-electron chi connectivity index (χ3n) is 1.35.